The Bertz CT molecular complexity index is 675. The van der Waals surface area contributed by atoms with Crippen LogP contribution in [0.15, 0.2) is 12.1 Å². The maximum atomic E-state index is 6.39. The Hall–Kier alpha value is 0.0687. The molecular weight excluding hydrogens is 458 g/mol. The quantitative estimate of drug-likeness (QED) is 0.330. The first kappa shape index (κ1) is 21.4. The number of hydrogen-bond donors (Lipinski definition) is 0. The van der Waals surface area contributed by atoms with Gasteiger partial charge < -0.3 is 0 Å². The fourth-order valence-electron chi connectivity index (χ4n) is 3.92. The molecule has 25 heavy (non-hydrogen) atoms. The average molecular weight is 490 g/mol. The first-order valence-electron chi connectivity index (χ1n) is 9.81. The maximum absolute atomic E-state index is 6.39. The molecule has 1 heterocycles. The number of aromatic nitrogens is 2. The summed E-state index contributed by atoms with van der Waals surface area (Å²) in [4.78, 5) is 0. The molecule has 1 aromatic carbocycles. The Labute approximate surface area is 167 Å². The van der Waals surface area contributed by atoms with Crippen LogP contribution in [0.1, 0.15) is 59.3 Å². The van der Waals surface area contributed by atoms with E-state index in [1.165, 1.54) is 60.9 Å². The van der Waals surface area contributed by atoms with E-state index in [9.17, 15) is 0 Å². The van der Waals surface area contributed by atoms with E-state index in [4.69, 9.17) is 28.3 Å². The third kappa shape index (κ3) is 4.87. The molecule has 2 nitrogen and oxygen atoms in total. The van der Waals surface area contributed by atoms with E-state index < -0.39 is 18.4 Å². The van der Waals surface area contributed by atoms with E-state index >= 15 is 0 Å². The molecule has 140 valence electrons. The van der Waals surface area contributed by atoms with Gasteiger partial charge in [0.2, 0.25) is 0 Å². The molecule has 5 heteroatoms. The van der Waals surface area contributed by atoms with Crippen molar-refractivity contribution in [3.63, 3.8) is 0 Å². The van der Waals surface area contributed by atoms with Gasteiger partial charge in [-0.25, -0.2) is 0 Å². The van der Waals surface area contributed by atoms with Gasteiger partial charge in [-0.1, -0.05) is 0 Å². The summed E-state index contributed by atoms with van der Waals surface area (Å²) in [5.41, 5.74) is 1.13. The minimum atomic E-state index is -2.58. The predicted octanol–water partition coefficient (Wildman–Crippen LogP) is 6.94. The van der Waals surface area contributed by atoms with Gasteiger partial charge in [0.1, 0.15) is 0 Å². The molecule has 0 spiro atoms. The van der Waals surface area contributed by atoms with E-state index in [1.54, 1.807) is 0 Å². The number of unbranched alkanes of at least 4 members (excludes halogenated alkanes) is 3. The summed E-state index contributed by atoms with van der Waals surface area (Å²) in [6, 6.07) is 4.07. The van der Waals surface area contributed by atoms with Crippen LogP contribution in [-0.2, 0) is 7.05 Å². The zero-order valence-electron chi connectivity index (χ0n) is 16.2. The third-order valence-corrected chi connectivity index (χ3v) is 21.3. The molecule has 0 aliphatic heterocycles. The first-order chi connectivity index (χ1) is 12.0. The Morgan fingerprint density at radius 1 is 0.880 bits per heavy atom. The zero-order valence-corrected chi connectivity index (χ0v) is 20.5. The van der Waals surface area contributed by atoms with Crippen LogP contribution in [0.4, 0.5) is 0 Å². The molecule has 0 radical (unpaired) electrons. The number of aryl methyl sites for hydroxylation is 1. The molecule has 0 saturated carbocycles. The van der Waals surface area contributed by atoms with Gasteiger partial charge in [0, 0.05) is 0 Å². The van der Waals surface area contributed by atoms with Gasteiger partial charge in [0.15, 0.2) is 0 Å². The Kier molecular flexibility index (Phi) is 8.42. The molecule has 0 bridgehead atoms. The predicted molar refractivity (Wildman–Crippen MR) is 115 cm³/mol. The number of rotatable bonds is 10. The van der Waals surface area contributed by atoms with E-state index in [1.807, 2.05) is 17.8 Å². The van der Waals surface area contributed by atoms with E-state index in [2.05, 4.69) is 26.8 Å². The molecule has 0 N–H and O–H groups in total. The number of halogens is 2. The van der Waals surface area contributed by atoms with Gasteiger partial charge >= 0.3 is 168 Å². The van der Waals surface area contributed by atoms with Crippen LogP contribution in [0.2, 0.25) is 23.4 Å². The molecule has 0 fully saturated rings. The first-order valence-corrected chi connectivity index (χ1v) is 18.0. The van der Waals surface area contributed by atoms with E-state index in [0.29, 0.717) is 10.0 Å². The molecule has 0 atom stereocenters. The molecule has 2 rings (SSSR count). The van der Waals surface area contributed by atoms with Crippen molar-refractivity contribution in [3.8, 4) is 0 Å². The summed E-state index contributed by atoms with van der Waals surface area (Å²) >= 11 is 10.1. The van der Waals surface area contributed by atoms with Crippen LogP contribution in [0, 0.1) is 0 Å². The van der Waals surface area contributed by atoms with Crippen molar-refractivity contribution in [2.75, 3.05) is 0 Å². The van der Waals surface area contributed by atoms with Crippen molar-refractivity contribution in [1.29, 1.82) is 0 Å². The van der Waals surface area contributed by atoms with Crippen molar-refractivity contribution in [3.05, 3.63) is 22.2 Å². The molecule has 1 aromatic heterocycles. The summed E-state index contributed by atoms with van der Waals surface area (Å²) in [5.74, 6) is 0. The second-order valence-corrected chi connectivity index (χ2v) is 21.1. The fraction of sp³-hybridized carbons (Fsp3) is 0.650. The van der Waals surface area contributed by atoms with Crippen molar-refractivity contribution >= 4 is 56.2 Å². The van der Waals surface area contributed by atoms with Crippen molar-refractivity contribution in [1.82, 2.24) is 9.78 Å². The molecule has 2 aromatic rings. The summed E-state index contributed by atoms with van der Waals surface area (Å²) in [7, 11) is 2.05. The Balaban J connectivity index is 2.61. The van der Waals surface area contributed by atoms with Crippen LogP contribution in [0.3, 0.4) is 0 Å². The van der Waals surface area contributed by atoms with Gasteiger partial charge in [-0.2, -0.15) is 0 Å². The molecule has 0 aliphatic rings. The fourth-order valence-corrected chi connectivity index (χ4v) is 20.5. The number of nitrogens with zero attached hydrogens (tertiary/aromatic N) is 2. The minimum absolute atomic E-state index is 0.625. The van der Waals surface area contributed by atoms with Crippen LogP contribution in [0.5, 0.6) is 0 Å². The second-order valence-electron chi connectivity index (χ2n) is 7.35. The molecule has 0 saturated heterocycles. The Morgan fingerprint density at radius 3 is 1.84 bits per heavy atom. The van der Waals surface area contributed by atoms with Gasteiger partial charge in [-0.3, -0.25) is 0 Å². The van der Waals surface area contributed by atoms with Crippen LogP contribution in [-0.4, -0.2) is 28.2 Å². The average Bonchev–Trinajstić information content (AvgIpc) is 2.92. The number of fused-ring (bicyclic) bond motifs is 1. The number of benzene rings is 1. The van der Waals surface area contributed by atoms with E-state index in [-0.39, 0.29) is 0 Å². The topological polar surface area (TPSA) is 17.8 Å². The zero-order chi connectivity index (χ0) is 18.4. The summed E-state index contributed by atoms with van der Waals surface area (Å²) in [6.45, 7) is 6.93. The molecule has 0 aliphatic carbocycles. The van der Waals surface area contributed by atoms with Gasteiger partial charge in [-0.05, 0) is 0 Å². The molecule has 0 unspecified atom stereocenters. The Morgan fingerprint density at radius 2 is 1.36 bits per heavy atom. The van der Waals surface area contributed by atoms with Crippen LogP contribution in [0.25, 0.3) is 10.9 Å². The third-order valence-electron chi connectivity index (χ3n) is 5.42. The standard InChI is InChI=1S/C8H5Cl2N2.3C4H9.Sn/c1-12-8-3-7(10)6(9)2-5(8)4-11-12;3*1-3-4-2;/h2-3H,1H3;3*1,3-4H2,2H3;. The van der Waals surface area contributed by atoms with Crippen LogP contribution < -0.4 is 3.71 Å². The van der Waals surface area contributed by atoms with E-state index in [0.717, 1.165) is 5.52 Å². The summed E-state index contributed by atoms with van der Waals surface area (Å²) in [6.07, 6.45) is 7.82. The monoisotopic (exact) mass is 490 g/mol. The molecular formula is C20H32Cl2N2Sn. The summed E-state index contributed by atoms with van der Waals surface area (Å²) in [5, 5.41) is 7.65. The van der Waals surface area contributed by atoms with Crippen molar-refractivity contribution < 1.29 is 0 Å². The SMILES string of the molecule is CCC[CH2][Sn]([CH2]CCC)([CH2]CCC)[c]1nn(C)c2cc(Cl)c(Cl)cc12. The van der Waals surface area contributed by atoms with Crippen molar-refractivity contribution in [2.24, 2.45) is 7.05 Å². The van der Waals surface area contributed by atoms with Crippen LogP contribution >= 0.6 is 23.2 Å². The molecule has 0 amide bonds. The normalized spacial score (nSPS) is 12.2. The van der Waals surface area contributed by atoms with Gasteiger partial charge in [0.05, 0.1) is 0 Å². The summed E-state index contributed by atoms with van der Waals surface area (Å²) < 4.78 is 7.72. The van der Waals surface area contributed by atoms with Gasteiger partial charge in [-0.15, -0.1) is 0 Å². The van der Waals surface area contributed by atoms with Gasteiger partial charge in [0.25, 0.3) is 0 Å². The van der Waals surface area contributed by atoms with Crippen molar-refractivity contribution in [2.45, 2.75) is 72.6 Å². The second kappa shape index (κ2) is 9.85. The number of hydrogen-bond acceptors (Lipinski definition) is 1.